The van der Waals surface area contributed by atoms with E-state index in [0.717, 1.165) is 16.9 Å². The van der Waals surface area contributed by atoms with Gasteiger partial charge in [0.25, 0.3) is 11.8 Å². The molecule has 0 unspecified atom stereocenters. The van der Waals surface area contributed by atoms with Crippen molar-refractivity contribution >= 4 is 11.8 Å². The summed E-state index contributed by atoms with van der Waals surface area (Å²) in [6, 6.07) is 5.43. The molecule has 0 N–H and O–H groups in total. The summed E-state index contributed by atoms with van der Waals surface area (Å²) in [4.78, 5) is 24.2. The monoisotopic (exact) mass is 189 g/mol. The quantitative estimate of drug-likeness (QED) is 0.627. The second-order valence-corrected chi connectivity index (χ2v) is 3.40. The summed E-state index contributed by atoms with van der Waals surface area (Å²) in [7, 11) is 1.51. The smallest absolute Gasteiger partial charge is 0.261 e. The molecule has 14 heavy (non-hydrogen) atoms. The fourth-order valence-corrected chi connectivity index (χ4v) is 1.63. The van der Waals surface area contributed by atoms with Gasteiger partial charge in [0.05, 0.1) is 11.1 Å². The fraction of sp³-hybridized carbons (Fsp3) is 0.273. The molecule has 0 saturated heterocycles. The van der Waals surface area contributed by atoms with Gasteiger partial charge in [-0.25, -0.2) is 0 Å². The lowest BCUT2D eigenvalue weighted by atomic mass is 10.0. The number of carbonyl (C=O) groups is 2. The molecular formula is C11H11NO2. The van der Waals surface area contributed by atoms with Gasteiger partial charge in [-0.05, 0) is 24.1 Å². The average molecular weight is 189 g/mol. The van der Waals surface area contributed by atoms with E-state index >= 15 is 0 Å². The molecule has 1 aliphatic heterocycles. The maximum atomic E-state index is 11.6. The fourth-order valence-electron chi connectivity index (χ4n) is 1.63. The van der Waals surface area contributed by atoms with Gasteiger partial charge >= 0.3 is 0 Å². The van der Waals surface area contributed by atoms with Gasteiger partial charge in [0.15, 0.2) is 0 Å². The third-order valence-corrected chi connectivity index (χ3v) is 2.56. The maximum absolute atomic E-state index is 11.6. The molecule has 0 bridgehead atoms. The van der Waals surface area contributed by atoms with E-state index in [2.05, 4.69) is 0 Å². The van der Waals surface area contributed by atoms with E-state index in [1.165, 1.54) is 7.05 Å². The summed E-state index contributed by atoms with van der Waals surface area (Å²) < 4.78 is 0. The van der Waals surface area contributed by atoms with Crippen LogP contribution in [0.15, 0.2) is 18.2 Å². The van der Waals surface area contributed by atoms with Crippen molar-refractivity contribution < 1.29 is 9.59 Å². The van der Waals surface area contributed by atoms with Gasteiger partial charge in [0.2, 0.25) is 0 Å². The van der Waals surface area contributed by atoms with E-state index in [0.29, 0.717) is 11.1 Å². The number of imide groups is 1. The Labute approximate surface area is 82.3 Å². The van der Waals surface area contributed by atoms with Crippen molar-refractivity contribution in [2.24, 2.45) is 0 Å². The highest BCUT2D eigenvalue weighted by atomic mass is 16.2. The molecule has 3 heteroatoms. The van der Waals surface area contributed by atoms with Crippen LogP contribution in [-0.4, -0.2) is 23.8 Å². The van der Waals surface area contributed by atoms with E-state index in [1.54, 1.807) is 12.1 Å². The second kappa shape index (κ2) is 2.94. The molecule has 1 aliphatic rings. The van der Waals surface area contributed by atoms with Crippen LogP contribution < -0.4 is 0 Å². The minimum Gasteiger partial charge on any atom is -0.277 e. The van der Waals surface area contributed by atoms with Crippen molar-refractivity contribution in [1.29, 1.82) is 0 Å². The number of hydrogen-bond acceptors (Lipinski definition) is 2. The molecule has 72 valence electrons. The normalized spacial score (nSPS) is 14.9. The van der Waals surface area contributed by atoms with Crippen LogP contribution in [0.4, 0.5) is 0 Å². The molecule has 0 saturated carbocycles. The van der Waals surface area contributed by atoms with Gasteiger partial charge in [-0.3, -0.25) is 14.5 Å². The molecule has 1 aromatic carbocycles. The Hall–Kier alpha value is -1.64. The molecule has 0 aromatic heterocycles. The molecule has 0 aliphatic carbocycles. The van der Waals surface area contributed by atoms with Crippen LogP contribution in [0.25, 0.3) is 0 Å². The van der Waals surface area contributed by atoms with E-state index in [-0.39, 0.29) is 11.8 Å². The van der Waals surface area contributed by atoms with Gasteiger partial charge in [-0.2, -0.15) is 0 Å². The first-order chi connectivity index (χ1) is 6.65. The van der Waals surface area contributed by atoms with Crippen LogP contribution in [0.2, 0.25) is 0 Å². The van der Waals surface area contributed by atoms with Crippen LogP contribution in [0.1, 0.15) is 33.2 Å². The van der Waals surface area contributed by atoms with Crippen LogP contribution in [-0.2, 0) is 6.42 Å². The van der Waals surface area contributed by atoms with E-state index in [9.17, 15) is 9.59 Å². The Morgan fingerprint density at radius 1 is 1.14 bits per heavy atom. The number of carbonyl (C=O) groups excluding carboxylic acids is 2. The van der Waals surface area contributed by atoms with Crippen LogP contribution >= 0.6 is 0 Å². The molecule has 0 spiro atoms. The lowest BCUT2D eigenvalue weighted by molar-refractivity contribution is 0.0693. The summed E-state index contributed by atoms with van der Waals surface area (Å²) >= 11 is 0. The Bertz CT molecular complexity index is 423. The van der Waals surface area contributed by atoms with Crippen LogP contribution in [0.5, 0.6) is 0 Å². The molecule has 3 nitrogen and oxygen atoms in total. The standard InChI is InChI=1S/C11H11NO2/c1-3-7-4-5-8-9(6-7)11(14)12(2)10(8)13/h4-6H,3H2,1-2H3. The average Bonchev–Trinajstić information content (AvgIpc) is 2.44. The van der Waals surface area contributed by atoms with Crippen molar-refractivity contribution in [3.05, 3.63) is 34.9 Å². The lowest BCUT2D eigenvalue weighted by Gasteiger charge is -2.02. The Balaban J connectivity index is 2.59. The van der Waals surface area contributed by atoms with E-state index < -0.39 is 0 Å². The Morgan fingerprint density at radius 2 is 1.79 bits per heavy atom. The van der Waals surface area contributed by atoms with Gasteiger partial charge in [-0.1, -0.05) is 13.0 Å². The highest BCUT2D eigenvalue weighted by molar-refractivity contribution is 6.21. The number of nitrogens with zero attached hydrogens (tertiary/aromatic N) is 1. The minimum atomic E-state index is -0.201. The zero-order chi connectivity index (χ0) is 10.3. The molecule has 1 heterocycles. The molecule has 2 amide bonds. The molecule has 2 rings (SSSR count). The first-order valence-corrected chi connectivity index (χ1v) is 4.60. The number of hydrogen-bond donors (Lipinski definition) is 0. The lowest BCUT2D eigenvalue weighted by Crippen LogP contribution is -2.24. The third kappa shape index (κ3) is 1.05. The first-order valence-electron chi connectivity index (χ1n) is 4.60. The summed E-state index contributed by atoms with van der Waals surface area (Å²) in [5.74, 6) is -0.395. The largest absolute Gasteiger partial charge is 0.277 e. The third-order valence-electron chi connectivity index (χ3n) is 2.56. The zero-order valence-corrected chi connectivity index (χ0v) is 8.20. The van der Waals surface area contributed by atoms with Crippen LogP contribution in [0, 0.1) is 0 Å². The molecule has 0 atom stereocenters. The van der Waals surface area contributed by atoms with Gasteiger partial charge in [-0.15, -0.1) is 0 Å². The van der Waals surface area contributed by atoms with Crippen molar-refractivity contribution in [2.45, 2.75) is 13.3 Å². The summed E-state index contributed by atoms with van der Waals surface area (Å²) in [5, 5.41) is 0. The van der Waals surface area contributed by atoms with Crippen molar-refractivity contribution in [2.75, 3.05) is 7.05 Å². The predicted octanol–water partition coefficient (Wildman–Crippen LogP) is 1.47. The predicted molar refractivity (Wildman–Crippen MR) is 52.2 cm³/mol. The summed E-state index contributed by atoms with van der Waals surface area (Å²) in [5.41, 5.74) is 2.15. The molecule has 0 radical (unpaired) electrons. The van der Waals surface area contributed by atoms with Gasteiger partial charge in [0.1, 0.15) is 0 Å². The number of fused-ring (bicyclic) bond motifs is 1. The number of aryl methyl sites for hydroxylation is 1. The zero-order valence-electron chi connectivity index (χ0n) is 8.20. The number of benzene rings is 1. The number of amides is 2. The van der Waals surface area contributed by atoms with Gasteiger partial charge < -0.3 is 0 Å². The summed E-state index contributed by atoms with van der Waals surface area (Å²) in [6.07, 6.45) is 0.873. The van der Waals surface area contributed by atoms with Crippen molar-refractivity contribution in [3.8, 4) is 0 Å². The Morgan fingerprint density at radius 3 is 2.43 bits per heavy atom. The summed E-state index contributed by atoms with van der Waals surface area (Å²) in [6.45, 7) is 2.02. The highest BCUT2D eigenvalue weighted by Crippen LogP contribution is 2.22. The molecule has 0 fully saturated rings. The van der Waals surface area contributed by atoms with Crippen LogP contribution in [0.3, 0.4) is 0 Å². The Kier molecular flexibility index (Phi) is 1.88. The maximum Gasteiger partial charge on any atom is 0.261 e. The second-order valence-electron chi connectivity index (χ2n) is 3.40. The van der Waals surface area contributed by atoms with Crippen molar-refractivity contribution in [3.63, 3.8) is 0 Å². The van der Waals surface area contributed by atoms with Crippen molar-refractivity contribution in [1.82, 2.24) is 4.90 Å². The minimum absolute atomic E-state index is 0.194. The SMILES string of the molecule is CCc1ccc2c(c1)C(=O)N(C)C2=O. The van der Waals surface area contributed by atoms with Gasteiger partial charge in [0, 0.05) is 7.05 Å². The highest BCUT2D eigenvalue weighted by Gasteiger charge is 2.32. The molecule has 1 aromatic rings. The number of rotatable bonds is 1. The van der Waals surface area contributed by atoms with E-state index in [4.69, 9.17) is 0 Å². The molecular weight excluding hydrogens is 178 g/mol. The first kappa shape index (κ1) is 8.94. The topological polar surface area (TPSA) is 37.4 Å². The van der Waals surface area contributed by atoms with E-state index in [1.807, 2.05) is 13.0 Å².